The fraction of sp³-hybridized carbons (Fsp3) is 0.133. The molecule has 100 valence electrons. The zero-order chi connectivity index (χ0) is 13.8. The van der Waals surface area contributed by atoms with E-state index in [1.54, 1.807) is 18.6 Å². The molecular weight excluding hydrogens is 250 g/mol. The van der Waals surface area contributed by atoms with Gasteiger partial charge in [-0.25, -0.2) is 0 Å². The molecule has 0 saturated heterocycles. The number of nitrogens with one attached hydrogen (secondary N) is 1. The second-order valence-corrected chi connectivity index (χ2v) is 4.54. The van der Waals surface area contributed by atoms with Crippen LogP contribution in [0, 0.1) is 0 Å². The summed E-state index contributed by atoms with van der Waals surface area (Å²) in [6, 6.07) is 10.0. The zero-order valence-corrected chi connectivity index (χ0v) is 10.9. The molecule has 1 atom stereocenters. The third-order valence-electron chi connectivity index (χ3n) is 3.30. The van der Waals surface area contributed by atoms with Gasteiger partial charge in [0.2, 0.25) is 0 Å². The number of hydrogen-bond donors (Lipinski definition) is 2. The summed E-state index contributed by atoms with van der Waals surface area (Å²) in [7, 11) is 0. The van der Waals surface area contributed by atoms with Gasteiger partial charge < -0.3 is 0 Å². The van der Waals surface area contributed by atoms with Crippen LogP contribution >= 0.6 is 0 Å². The first-order valence-corrected chi connectivity index (χ1v) is 6.43. The average Bonchev–Trinajstić information content (AvgIpc) is 2.53. The molecule has 0 fully saturated rings. The monoisotopic (exact) mass is 265 g/mol. The van der Waals surface area contributed by atoms with E-state index in [4.69, 9.17) is 5.84 Å². The van der Waals surface area contributed by atoms with Gasteiger partial charge in [-0.05, 0) is 24.1 Å². The second-order valence-electron chi connectivity index (χ2n) is 4.54. The molecule has 3 rings (SSSR count). The van der Waals surface area contributed by atoms with E-state index in [9.17, 15) is 0 Å². The highest BCUT2D eigenvalue weighted by Gasteiger charge is 2.13. The van der Waals surface area contributed by atoms with Crippen molar-refractivity contribution in [3.63, 3.8) is 0 Å². The molecule has 0 aliphatic carbocycles. The summed E-state index contributed by atoms with van der Waals surface area (Å²) < 4.78 is 0. The van der Waals surface area contributed by atoms with E-state index >= 15 is 0 Å². The van der Waals surface area contributed by atoms with E-state index in [-0.39, 0.29) is 6.04 Å². The van der Waals surface area contributed by atoms with Crippen LogP contribution in [0.15, 0.2) is 55.1 Å². The van der Waals surface area contributed by atoms with Crippen LogP contribution in [0.3, 0.4) is 0 Å². The molecule has 0 aliphatic heterocycles. The van der Waals surface area contributed by atoms with E-state index in [0.29, 0.717) is 0 Å². The molecule has 0 bridgehead atoms. The van der Waals surface area contributed by atoms with Crippen molar-refractivity contribution in [1.29, 1.82) is 0 Å². The minimum atomic E-state index is -0.0745. The lowest BCUT2D eigenvalue weighted by atomic mass is 10.0. The highest BCUT2D eigenvalue weighted by molar-refractivity contribution is 5.81. The van der Waals surface area contributed by atoms with Crippen LogP contribution in [0.1, 0.15) is 17.3 Å². The van der Waals surface area contributed by atoms with Gasteiger partial charge in [-0.15, -0.1) is 0 Å². The van der Waals surface area contributed by atoms with E-state index in [1.165, 1.54) is 5.56 Å². The number of benzene rings is 1. The number of fused-ring (bicyclic) bond motifs is 1. The normalized spacial score (nSPS) is 12.4. The van der Waals surface area contributed by atoms with Crippen molar-refractivity contribution in [3.8, 4) is 0 Å². The van der Waals surface area contributed by atoms with Gasteiger partial charge in [-0.1, -0.05) is 18.2 Å². The van der Waals surface area contributed by atoms with Crippen LogP contribution < -0.4 is 11.3 Å². The van der Waals surface area contributed by atoms with Crippen molar-refractivity contribution in [2.75, 3.05) is 0 Å². The highest BCUT2D eigenvalue weighted by atomic mass is 15.2. The number of hydrazine groups is 1. The molecule has 1 unspecified atom stereocenters. The molecule has 0 saturated carbocycles. The Labute approximate surface area is 116 Å². The maximum Gasteiger partial charge on any atom is 0.0772 e. The summed E-state index contributed by atoms with van der Waals surface area (Å²) >= 11 is 0. The van der Waals surface area contributed by atoms with Crippen LogP contribution in [-0.2, 0) is 6.42 Å². The molecule has 3 N–H and O–H groups in total. The SMILES string of the molecule is NNC(Cc1ccnc2ccccc12)c1cnccn1. The lowest BCUT2D eigenvalue weighted by molar-refractivity contribution is 0.537. The quantitative estimate of drug-likeness (QED) is 0.555. The van der Waals surface area contributed by atoms with Gasteiger partial charge in [0.1, 0.15) is 0 Å². The van der Waals surface area contributed by atoms with Gasteiger partial charge in [0.25, 0.3) is 0 Å². The largest absolute Gasteiger partial charge is 0.271 e. The molecule has 20 heavy (non-hydrogen) atoms. The van der Waals surface area contributed by atoms with Gasteiger partial charge in [0, 0.05) is 24.0 Å². The number of pyridine rings is 1. The summed E-state index contributed by atoms with van der Waals surface area (Å²) in [4.78, 5) is 12.8. The third kappa shape index (κ3) is 2.49. The van der Waals surface area contributed by atoms with Gasteiger partial charge in [0.15, 0.2) is 0 Å². The first-order chi connectivity index (χ1) is 9.88. The van der Waals surface area contributed by atoms with Crippen molar-refractivity contribution in [2.24, 2.45) is 5.84 Å². The number of aromatic nitrogens is 3. The molecular formula is C15H15N5. The van der Waals surface area contributed by atoms with Crippen molar-refractivity contribution >= 4 is 10.9 Å². The predicted octanol–water partition coefficient (Wildman–Crippen LogP) is 1.77. The molecule has 0 amide bonds. The molecule has 1 aromatic carbocycles. The zero-order valence-electron chi connectivity index (χ0n) is 10.9. The minimum absolute atomic E-state index is 0.0745. The van der Waals surface area contributed by atoms with E-state index in [0.717, 1.165) is 23.0 Å². The van der Waals surface area contributed by atoms with Crippen LogP contribution in [0.5, 0.6) is 0 Å². The molecule has 2 heterocycles. The van der Waals surface area contributed by atoms with Gasteiger partial charge in [-0.2, -0.15) is 0 Å². The number of hydrogen-bond acceptors (Lipinski definition) is 5. The second kappa shape index (κ2) is 5.73. The third-order valence-corrected chi connectivity index (χ3v) is 3.30. The average molecular weight is 265 g/mol. The molecule has 5 nitrogen and oxygen atoms in total. The number of nitrogens with two attached hydrogens (primary N) is 1. The Hall–Kier alpha value is -2.37. The Morgan fingerprint density at radius 1 is 1.05 bits per heavy atom. The first kappa shape index (κ1) is 12.7. The predicted molar refractivity (Wildman–Crippen MR) is 77.5 cm³/mol. The first-order valence-electron chi connectivity index (χ1n) is 6.43. The number of nitrogens with zero attached hydrogens (tertiary/aromatic N) is 3. The summed E-state index contributed by atoms with van der Waals surface area (Å²) in [5, 5.41) is 1.14. The van der Waals surface area contributed by atoms with Crippen molar-refractivity contribution in [3.05, 3.63) is 66.4 Å². The fourth-order valence-electron chi connectivity index (χ4n) is 2.29. The molecule has 0 spiro atoms. The van der Waals surface area contributed by atoms with E-state index < -0.39 is 0 Å². The Kier molecular flexibility index (Phi) is 3.62. The van der Waals surface area contributed by atoms with Gasteiger partial charge in [0.05, 0.1) is 23.4 Å². The minimum Gasteiger partial charge on any atom is -0.271 e. The fourth-order valence-corrected chi connectivity index (χ4v) is 2.29. The Morgan fingerprint density at radius 2 is 1.95 bits per heavy atom. The van der Waals surface area contributed by atoms with Crippen LogP contribution in [0.4, 0.5) is 0 Å². The molecule has 3 aromatic rings. The maximum absolute atomic E-state index is 5.66. The number of rotatable bonds is 4. The highest BCUT2D eigenvalue weighted by Crippen LogP contribution is 2.21. The van der Waals surface area contributed by atoms with E-state index in [2.05, 4.69) is 26.4 Å². The Bertz CT molecular complexity index is 693. The number of para-hydroxylation sites is 1. The Balaban J connectivity index is 1.96. The van der Waals surface area contributed by atoms with Crippen molar-refractivity contribution in [2.45, 2.75) is 12.5 Å². The smallest absolute Gasteiger partial charge is 0.0772 e. The molecule has 2 aromatic heterocycles. The topological polar surface area (TPSA) is 76.7 Å². The maximum atomic E-state index is 5.66. The van der Waals surface area contributed by atoms with Crippen molar-refractivity contribution < 1.29 is 0 Å². The van der Waals surface area contributed by atoms with Crippen LogP contribution in [0.2, 0.25) is 0 Å². The molecule has 0 radical (unpaired) electrons. The van der Waals surface area contributed by atoms with Gasteiger partial charge in [-0.3, -0.25) is 26.2 Å². The standard InChI is InChI=1S/C15H15N5/c16-20-14(15-10-17-7-8-19-15)9-11-5-6-18-13-4-2-1-3-12(11)13/h1-8,10,14,20H,9,16H2. The summed E-state index contributed by atoms with van der Waals surface area (Å²) in [6.45, 7) is 0. The summed E-state index contributed by atoms with van der Waals surface area (Å²) in [5.74, 6) is 5.66. The van der Waals surface area contributed by atoms with Crippen molar-refractivity contribution in [1.82, 2.24) is 20.4 Å². The Morgan fingerprint density at radius 3 is 2.75 bits per heavy atom. The lowest BCUT2D eigenvalue weighted by Crippen LogP contribution is -2.30. The lowest BCUT2D eigenvalue weighted by Gasteiger charge is -2.16. The summed E-state index contributed by atoms with van der Waals surface area (Å²) in [5.41, 5.74) is 5.81. The van der Waals surface area contributed by atoms with E-state index in [1.807, 2.05) is 30.5 Å². The molecule has 0 aliphatic rings. The van der Waals surface area contributed by atoms with Crippen LogP contribution in [0.25, 0.3) is 10.9 Å². The molecule has 5 heteroatoms. The summed E-state index contributed by atoms with van der Waals surface area (Å²) in [6.07, 6.45) is 7.61. The van der Waals surface area contributed by atoms with Crippen LogP contribution in [-0.4, -0.2) is 15.0 Å². The van der Waals surface area contributed by atoms with Gasteiger partial charge >= 0.3 is 0 Å².